The van der Waals surface area contributed by atoms with Crippen LogP contribution in [-0.4, -0.2) is 9.97 Å². The third-order valence-corrected chi connectivity index (χ3v) is 10.7. The fourth-order valence-corrected chi connectivity index (χ4v) is 8.04. The minimum absolute atomic E-state index is 0.636. The molecule has 0 aliphatic carbocycles. The fraction of sp³-hybridized carbons (Fsp3) is 0. The van der Waals surface area contributed by atoms with E-state index in [0.29, 0.717) is 5.82 Å². The Bertz CT molecular complexity index is 3180. The third kappa shape index (κ3) is 5.39. The highest BCUT2D eigenvalue weighted by Crippen LogP contribution is 2.45. The molecule has 56 heavy (non-hydrogen) atoms. The zero-order chi connectivity index (χ0) is 37.0. The second-order valence-corrected chi connectivity index (χ2v) is 14.1. The van der Waals surface area contributed by atoms with Gasteiger partial charge in [0.2, 0.25) is 0 Å². The minimum atomic E-state index is 0.636. The zero-order valence-electron chi connectivity index (χ0n) is 30.2. The standard InChI is InChI=1S/C52H32N2O2/c1-4-15-33(16-5-1)36-29-37(34-17-6-2-7-18-34)31-38(30-36)52-53-45(35-19-8-3-9-20-35)32-46(54-52)43-28-27-40(49-44-22-11-13-26-48(44)56-51(43)49)42-24-14-23-41-39-21-10-12-25-47(39)55-50(41)42/h1-32H. The number of para-hydroxylation sites is 3. The number of aromatic nitrogens is 2. The summed E-state index contributed by atoms with van der Waals surface area (Å²) in [4.78, 5) is 10.6. The van der Waals surface area contributed by atoms with Crippen molar-refractivity contribution in [1.82, 2.24) is 9.97 Å². The van der Waals surface area contributed by atoms with Crippen molar-refractivity contribution in [2.24, 2.45) is 0 Å². The summed E-state index contributed by atoms with van der Waals surface area (Å²) < 4.78 is 13.4. The highest BCUT2D eigenvalue weighted by molar-refractivity contribution is 6.19. The lowest BCUT2D eigenvalue weighted by Crippen LogP contribution is -1.97. The molecular formula is C52H32N2O2. The molecule has 0 bridgehead atoms. The summed E-state index contributed by atoms with van der Waals surface area (Å²) in [5.41, 5.74) is 14.3. The summed E-state index contributed by atoms with van der Waals surface area (Å²) >= 11 is 0. The van der Waals surface area contributed by atoms with Crippen molar-refractivity contribution in [2.75, 3.05) is 0 Å². The Labute approximate surface area is 323 Å². The monoisotopic (exact) mass is 716 g/mol. The second-order valence-electron chi connectivity index (χ2n) is 14.1. The van der Waals surface area contributed by atoms with E-state index in [1.165, 1.54) is 0 Å². The summed E-state index contributed by atoms with van der Waals surface area (Å²) in [5, 5.41) is 4.24. The van der Waals surface area contributed by atoms with Crippen LogP contribution in [0.3, 0.4) is 0 Å². The molecule has 0 radical (unpaired) electrons. The number of hydrogen-bond acceptors (Lipinski definition) is 4. The van der Waals surface area contributed by atoms with Crippen LogP contribution in [0.4, 0.5) is 0 Å². The summed E-state index contributed by atoms with van der Waals surface area (Å²) in [7, 11) is 0. The van der Waals surface area contributed by atoms with E-state index in [1.807, 2.05) is 54.6 Å². The first kappa shape index (κ1) is 31.9. The number of rotatable bonds is 6. The Kier molecular flexibility index (Phi) is 7.46. The van der Waals surface area contributed by atoms with Gasteiger partial charge < -0.3 is 8.83 Å². The SMILES string of the molecule is c1ccc(-c2cc(-c3ccccc3)cc(-c3nc(-c4ccccc4)cc(-c4ccc(-c5cccc6c5oc5ccccc56)c5c4oc4ccccc45)n3)c2)cc1. The van der Waals surface area contributed by atoms with Crippen LogP contribution in [0.5, 0.6) is 0 Å². The third-order valence-electron chi connectivity index (χ3n) is 10.7. The Balaban J connectivity index is 1.17. The topological polar surface area (TPSA) is 52.1 Å². The largest absolute Gasteiger partial charge is 0.455 e. The first-order valence-corrected chi connectivity index (χ1v) is 18.8. The first-order chi connectivity index (χ1) is 27.7. The van der Waals surface area contributed by atoms with Crippen LogP contribution in [0.25, 0.3) is 111 Å². The van der Waals surface area contributed by atoms with Gasteiger partial charge >= 0.3 is 0 Å². The molecule has 0 N–H and O–H groups in total. The van der Waals surface area contributed by atoms with Crippen LogP contribution in [0.15, 0.2) is 203 Å². The van der Waals surface area contributed by atoms with Gasteiger partial charge in [0.05, 0.1) is 11.4 Å². The molecule has 0 spiro atoms. The molecule has 0 saturated heterocycles. The minimum Gasteiger partial charge on any atom is -0.455 e. The molecule has 0 atom stereocenters. The van der Waals surface area contributed by atoms with Gasteiger partial charge in [-0.05, 0) is 70.3 Å². The van der Waals surface area contributed by atoms with E-state index in [0.717, 1.165) is 105 Å². The molecule has 11 aromatic rings. The molecule has 0 aliphatic rings. The number of hydrogen-bond donors (Lipinski definition) is 0. The van der Waals surface area contributed by atoms with Gasteiger partial charge in [-0.25, -0.2) is 9.97 Å². The number of furan rings is 2. The van der Waals surface area contributed by atoms with Crippen molar-refractivity contribution >= 4 is 43.9 Å². The highest BCUT2D eigenvalue weighted by atomic mass is 16.3. The maximum absolute atomic E-state index is 6.83. The molecule has 262 valence electrons. The molecule has 4 heteroatoms. The lowest BCUT2D eigenvalue weighted by molar-refractivity contribution is 0.669. The van der Waals surface area contributed by atoms with E-state index in [2.05, 4.69) is 140 Å². The molecule has 3 aromatic heterocycles. The molecule has 11 rings (SSSR count). The molecule has 0 amide bonds. The van der Waals surface area contributed by atoms with Crippen molar-refractivity contribution in [2.45, 2.75) is 0 Å². The quantitative estimate of drug-likeness (QED) is 0.172. The Hall–Kier alpha value is -7.56. The van der Waals surface area contributed by atoms with Gasteiger partial charge in [-0.3, -0.25) is 0 Å². The van der Waals surface area contributed by atoms with Crippen LogP contribution in [-0.2, 0) is 0 Å². The van der Waals surface area contributed by atoms with Crippen molar-refractivity contribution in [3.05, 3.63) is 194 Å². The average Bonchev–Trinajstić information content (AvgIpc) is 3.86. The molecule has 4 nitrogen and oxygen atoms in total. The second kappa shape index (κ2) is 13.1. The van der Waals surface area contributed by atoms with E-state index in [4.69, 9.17) is 18.8 Å². The lowest BCUT2D eigenvalue weighted by Gasteiger charge is -2.14. The Morgan fingerprint density at radius 3 is 1.52 bits per heavy atom. The van der Waals surface area contributed by atoms with Crippen LogP contribution < -0.4 is 0 Å². The normalized spacial score (nSPS) is 11.6. The maximum atomic E-state index is 6.83. The van der Waals surface area contributed by atoms with Crippen LogP contribution in [0.2, 0.25) is 0 Å². The van der Waals surface area contributed by atoms with Crippen LogP contribution >= 0.6 is 0 Å². The van der Waals surface area contributed by atoms with Crippen molar-refractivity contribution < 1.29 is 8.83 Å². The van der Waals surface area contributed by atoms with E-state index >= 15 is 0 Å². The van der Waals surface area contributed by atoms with Crippen molar-refractivity contribution in [3.63, 3.8) is 0 Å². The van der Waals surface area contributed by atoms with Gasteiger partial charge in [0.1, 0.15) is 22.3 Å². The van der Waals surface area contributed by atoms with E-state index in [-0.39, 0.29) is 0 Å². The van der Waals surface area contributed by atoms with Gasteiger partial charge in [-0.1, -0.05) is 152 Å². The molecular weight excluding hydrogens is 685 g/mol. The molecule has 3 heterocycles. The van der Waals surface area contributed by atoms with Crippen molar-refractivity contribution in [1.29, 1.82) is 0 Å². The highest BCUT2D eigenvalue weighted by Gasteiger charge is 2.22. The Morgan fingerprint density at radius 1 is 0.304 bits per heavy atom. The summed E-state index contributed by atoms with van der Waals surface area (Å²) in [6.45, 7) is 0. The van der Waals surface area contributed by atoms with Gasteiger partial charge in [0.25, 0.3) is 0 Å². The van der Waals surface area contributed by atoms with Crippen LogP contribution in [0, 0.1) is 0 Å². The first-order valence-electron chi connectivity index (χ1n) is 18.8. The smallest absolute Gasteiger partial charge is 0.160 e. The summed E-state index contributed by atoms with van der Waals surface area (Å²) in [6.07, 6.45) is 0. The molecule has 0 fully saturated rings. The molecule has 0 saturated carbocycles. The van der Waals surface area contributed by atoms with Crippen molar-refractivity contribution in [3.8, 4) is 67.3 Å². The maximum Gasteiger partial charge on any atom is 0.160 e. The molecule has 8 aromatic carbocycles. The predicted octanol–water partition coefficient (Wildman–Crippen LogP) is 14.3. The van der Waals surface area contributed by atoms with Gasteiger partial charge in [0, 0.05) is 43.8 Å². The van der Waals surface area contributed by atoms with Gasteiger partial charge in [0.15, 0.2) is 5.82 Å². The van der Waals surface area contributed by atoms with E-state index in [9.17, 15) is 0 Å². The predicted molar refractivity (Wildman–Crippen MR) is 229 cm³/mol. The van der Waals surface area contributed by atoms with E-state index < -0.39 is 0 Å². The Morgan fingerprint density at radius 2 is 0.821 bits per heavy atom. The summed E-state index contributed by atoms with van der Waals surface area (Å²) in [5.74, 6) is 0.636. The van der Waals surface area contributed by atoms with Gasteiger partial charge in [-0.15, -0.1) is 0 Å². The fourth-order valence-electron chi connectivity index (χ4n) is 8.04. The summed E-state index contributed by atoms with van der Waals surface area (Å²) in [6, 6.07) is 67.2. The number of nitrogens with zero attached hydrogens (tertiary/aromatic N) is 2. The van der Waals surface area contributed by atoms with Crippen LogP contribution in [0.1, 0.15) is 0 Å². The van der Waals surface area contributed by atoms with E-state index in [1.54, 1.807) is 0 Å². The number of benzene rings is 8. The number of fused-ring (bicyclic) bond motifs is 6. The molecule has 0 aliphatic heterocycles. The molecule has 0 unspecified atom stereocenters. The van der Waals surface area contributed by atoms with Gasteiger partial charge in [-0.2, -0.15) is 0 Å². The zero-order valence-corrected chi connectivity index (χ0v) is 30.2. The lowest BCUT2D eigenvalue weighted by atomic mass is 9.94. The average molecular weight is 717 g/mol.